The second-order valence-electron chi connectivity index (χ2n) is 5.01. The summed E-state index contributed by atoms with van der Waals surface area (Å²) in [5.41, 5.74) is 1.80. The normalized spacial score (nSPS) is 17.0. The maximum absolute atomic E-state index is 12.2. The second kappa shape index (κ2) is 8.78. The van der Waals surface area contributed by atoms with Crippen LogP contribution in [-0.4, -0.2) is 28.0 Å². The van der Waals surface area contributed by atoms with E-state index in [4.69, 9.17) is 0 Å². The molecule has 0 saturated carbocycles. The number of halogens is 2. The second-order valence-corrected chi connectivity index (χ2v) is 5.01. The molecule has 22 heavy (non-hydrogen) atoms. The minimum atomic E-state index is -0.0688. The van der Waals surface area contributed by atoms with Crippen molar-refractivity contribution in [3.8, 4) is 5.69 Å². The van der Waals surface area contributed by atoms with Crippen LogP contribution < -0.4 is 10.6 Å². The third-order valence-electron chi connectivity index (χ3n) is 3.54. The van der Waals surface area contributed by atoms with E-state index in [1.807, 2.05) is 35.0 Å². The van der Waals surface area contributed by atoms with Crippen molar-refractivity contribution in [3.05, 3.63) is 43.0 Å². The predicted molar refractivity (Wildman–Crippen MR) is 92.3 cm³/mol. The summed E-state index contributed by atoms with van der Waals surface area (Å²) < 4.78 is 1.91. The Hall–Kier alpha value is -1.56. The van der Waals surface area contributed by atoms with Crippen molar-refractivity contribution in [3.63, 3.8) is 0 Å². The summed E-state index contributed by atoms with van der Waals surface area (Å²) in [7, 11) is 0. The minimum Gasteiger partial charge on any atom is -0.325 e. The summed E-state index contributed by atoms with van der Waals surface area (Å²) in [4.78, 5) is 16.2. The Balaban J connectivity index is 0.00000121. The molecule has 1 atom stereocenters. The minimum absolute atomic E-state index is 0. The number of nitrogens with one attached hydrogen (secondary N) is 2. The third kappa shape index (κ3) is 4.47. The molecule has 2 heterocycles. The Morgan fingerprint density at radius 3 is 2.86 bits per heavy atom. The van der Waals surface area contributed by atoms with Crippen molar-refractivity contribution in [2.24, 2.45) is 0 Å². The molecule has 7 heteroatoms. The van der Waals surface area contributed by atoms with Crippen LogP contribution >= 0.6 is 24.8 Å². The SMILES string of the molecule is Cl.Cl.O=C(Nc1cccc(-n2ccnc2)c1)[C@H]1CCCCN1. The number of aromatic nitrogens is 2. The Bertz CT molecular complexity index is 583. The quantitative estimate of drug-likeness (QED) is 0.901. The van der Waals surface area contributed by atoms with Gasteiger partial charge in [-0.05, 0) is 37.6 Å². The Morgan fingerprint density at radius 2 is 2.18 bits per heavy atom. The van der Waals surface area contributed by atoms with E-state index in [-0.39, 0.29) is 36.8 Å². The number of nitrogens with zero attached hydrogens (tertiary/aromatic N) is 2. The van der Waals surface area contributed by atoms with Crippen molar-refractivity contribution >= 4 is 36.4 Å². The Morgan fingerprint density at radius 1 is 1.32 bits per heavy atom. The van der Waals surface area contributed by atoms with Crippen molar-refractivity contribution in [2.45, 2.75) is 25.3 Å². The van der Waals surface area contributed by atoms with Gasteiger partial charge in [0.15, 0.2) is 0 Å². The van der Waals surface area contributed by atoms with Crippen LogP contribution in [0.4, 0.5) is 5.69 Å². The van der Waals surface area contributed by atoms with Gasteiger partial charge in [-0.25, -0.2) is 4.98 Å². The molecule has 0 unspecified atom stereocenters. The van der Waals surface area contributed by atoms with E-state index in [0.29, 0.717) is 0 Å². The lowest BCUT2D eigenvalue weighted by Crippen LogP contribution is -2.43. The molecule has 0 spiro atoms. The molecule has 2 aromatic rings. The zero-order valence-electron chi connectivity index (χ0n) is 12.1. The van der Waals surface area contributed by atoms with Crippen molar-refractivity contribution in [1.82, 2.24) is 14.9 Å². The topological polar surface area (TPSA) is 59.0 Å². The number of piperidine rings is 1. The maximum atomic E-state index is 12.2. The first-order chi connectivity index (χ1) is 9.83. The predicted octanol–water partition coefficient (Wildman–Crippen LogP) is 2.80. The lowest BCUT2D eigenvalue weighted by molar-refractivity contribution is -0.118. The van der Waals surface area contributed by atoms with Gasteiger partial charge in [0, 0.05) is 23.8 Å². The highest BCUT2D eigenvalue weighted by Gasteiger charge is 2.20. The van der Waals surface area contributed by atoms with E-state index in [2.05, 4.69) is 15.6 Å². The zero-order valence-corrected chi connectivity index (χ0v) is 13.7. The number of hydrogen-bond acceptors (Lipinski definition) is 3. The van der Waals surface area contributed by atoms with Gasteiger partial charge in [-0.15, -0.1) is 24.8 Å². The zero-order chi connectivity index (χ0) is 13.8. The molecule has 2 N–H and O–H groups in total. The van der Waals surface area contributed by atoms with E-state index >= 15 is 0 Å². The number of benzene rings is 1. The number of hydrogen-bond donors (Lipinski definition) is 2. The summed E-state index contributed by atoms with van der Waals surface area (Å²) in [5.74, 6) is 0.0486. The highest BCUT2D eigenvalue weighted by molar-refractivity contribution is 5.95. The summed E-state index contributed by atoms with van der Waals surface area (Å²) in [5, 5.41) is 6.23. The van der Waals surface area contributed by atoms with Gasteiger partial charge in [0.25, 0.3) is 0 Å². The first kappa shape index (κ1) is 18.5. The molecule has 1 aliphatic rings. The number of imidazole rings is 1. The van der Waals surface area contributed by atoms with Crippen LogP contribution in [0.5, 0.6) is 0 Å². The standard InChI is InChI=1S/C15H18N4O.2ClH/c20-15(14-6-1-2-7-17-14)18-12-4-3-5-13(10-12)19-9-8-16-11-19;;/h3-5,8-11,14,17H,1-2,6-7H2,(H,18,20);2*1H/t14-;;/m1../s1. The molecule has 3 rings (SSSR count). The molecule has 1 aromatic heterocycles. The fraction of sp³-hybridized carbons (Fsp3) is 0.333. The Kier molecular flexibility index (Phi) is 7.38. The van der Waals surface area contributed by atoms with Crippen molar-refractivity contribution < 1.29 is 4.79 Å². The summed E-state index contributed by atoms with van der Waals surface area (Å²) in [6, 6.07) is 7.69. The molecule has 1 fully saturated rings. The first-order valence-electron chi connectivity index (χ1n) is 6.95. The van der Waals surface area contributed by atoms with Gasteiger partial charge in [0.05, 0.1) is 12.4 Å². The summed E-state index contributed by atoms with van der Waals surface area (Å²) >= 11 is 0. The number of anilines is 1. The number of amides is 1. The van der Waals surface area contributed by atoms with E-state index in [0.717, 1.165) is 37.2 Å². The van der Waals surface area contributed by atoms with Crippen LogP contribution in [0.15, 0.2) is 43.0 Å². The van der Waals surface area contributed by atoms with Crippen LogP contribution in [0.2, 0.25) is 0 Å². The highest BCUT2D eigenvalue weighted by Crippen LogP contribution is 2.16. The summed E-state index contributed by atoms with van der Waals surface area (Å²) in [6.45, 7) is 0.924. The van der Waals surface area contributed by atoms with E-state index in [9.17, 15) is 4.79 Å². The molecule has 120 valence electrons. The highest BCUT2D eigenvalue weighted by atomic mass is 35.5. The van der Waals surface area contributed by atoms with Gasteiger partial charge in [-0.2, -0.15) is 0 Å². The van der Waals surface area contributed by atoms with Gasteiger partial charge in [0.2, 0.25) is 5.91 Å². The Labute approximate surface area is 142 Å². The van der Waals surface area contributed by atoms with Gasteiger partial charge < -0.3 is 15.2 Å². The van der Waals surface area contributed by atoms with Crippen LogP contribution in [0.25, 0.3) is 5.69 Å². The molecule has 0 aliphatic carbocycles. The van der Waals surface area contributed by atoms with Crippen LogP contribution in [0.1, 0.15) is 19.3 Å². The van der Waals surface area contributed by atoms with Crippen molar-refractivity contribution in [2.75, 3.05) is 11.9 Å². The molecule has 1 aromatic carbocycles. The average molecular weight is 343 g/mol. The van der Waals surface area contributed by atoms with Crippen LogP contribution in [0.3, 0.4) is 0 Å². The van der Waals surface area contributed by atoms with Gasteiger partial charge in [-0.3, -0.25) is 4.79 Å². The molecule has 5 nitrogen and oxygen atoms in total. The fourth-order valence-corrected chi connectivity index (χ4v) is 2.46. The average Bonchev–Trinajstić information content (AvgIpc) is 3.03. The van der Waals surface area contributed by atoms with Crippen molar-refractivity contribution in [1.29, 1.82) is 0 Å². The number of carbonyl (C=O) groups is 1. The van der Waals surface area contributed by atoms with Gasteiger partial charge >= 0.3 is 0 Å². The fourth-order valence-electron chi connectivity index (χ4n) is 2.46. The van der Waals surface area contributed by atoms with Crippen LogP contribution in [-0.2, 0) is 4.79 Å². The third-order valence-corrected chi connectivity index (χ3v) is 3.54. The lowest BCUT2D eigenvalue weighted by atomic mass is 10.0. The maximum Gasteiger partial charge on any atom is 0.241 e. The molecule has 0 bridgehead atoms. The first-order valence-corrected chi connectivity index (χ1v) is 6.95. The molecular weight excluding hydrogens is 323 g/mol. The number of carbonyl (C=O) groups excluding carboxylic acids is 1. The van der Waals surface area contributed by atoms with E-state index < -0.39 is 0 Å². The molecule has 1 aliphatic heterocycles. The smallest absolute Gasteiger partial charge is 0.241 e. The molecule has 1 amide bonds. The van der Waals surface area contributed by atoms with E-state index in [1.54, 1.807) is 12.5 Å². The monoisotopic (exact) mass is 342 g/mol. The number of rotatable bonds is 3. The van der Waals surface area contributed by atoms with Gasteiger partial charge in [0.1, 0.15) is 0 Å². The van der Waals surface area contributed by atoms with E-state index in [1.165, 1.54) is 0 Å². The van der Waals surface area contributed by atoms with Crippen LogP contribution in [0, 0.1) is 0 Å². The lowest BCUT2D eigenvalue weighted by Gasteiger charge is -2.22. The molecule has 0 radical (unpaired) electrons. The van der Waals surface area contributed by atoms with Gasteiger partial charge in [-0.1, -0.05) is 12.5 Å². The largest absolute Gasteiger partial charge is 0.325 e. The summed E-state index contributed by atoms with van der Waals surface area (Å²) in [6.07, 6.45) is 8.53. The molecule has 1 saturated heterocycles. The molecular formula is C15H20Cl2N4O.